The van der Waals surface area contributed by atoms with Gasteiger partial charge < -0.3 is 9.80 Å². The van der Waals surface area contributed by atoms with E-state index in [0.717, 1.165) is 31.9 Å². The Hall–Kier alpha value is -1.87. The molecule has 3 heteroatoms. The molecule has 0 N–H and O–H groups in total. The summed E-state index contributed by atoms with van der Waals surface area (Å²) in [7, 11) is 2.18. The highest BCUT2D eigenvalue weighted by Gasteiger charge is 2.24. The Morgan fingerprint density at radius 2 is 1.68 bits per heavy atom. The molecule has 2 aromatic carbocycles. The van der Waals surface area contributed by atoms with Crippen LogP contribution in [0.1, 0.15) is 5.56 Å². The summed E-state index contributed by atoms with van der Waals surface area (Å²) < 4.78 is 0. The summed E-state index contributed by atoms with van der Waals surface area (Å²) in [6.45, 7) is 4.37. The summed E-state index contributed by atoms with van der Waals surface area (Å²) in [5.74, 6) is 1.17. The molecule has 4 rings (SSSR count). The molecule has 19 heavy (non-hydrogen) atoms. The maximum absolute atomic E-state index is 4.87. The molecular weight excluding hydrogens is 234 g/mol. The quantitative estimate of drug-likeness (QED) is 0.716. The molecular formula is C16H17N3. The van der Waals surface area contributed by atoms with Crippen LogP contribution in [0.2, 0.25) is 0 Å². The zero-order valence-electron chi connectivity index (χ0n) is 11.1. The molecule has 0 aromatic heterocycles. The molecule has 1 saturated heterocycles. The maximum Gasteiger partial charge on any atom is 0.137 e. The van der Waals surface area contributed by atoms with Gasteiger partial charge in [0.15, 0.2) is 0 Å². The minimum Gasteiger partial charge on any atom is -0.354 e. The van der Waals surface area contributed by atoms with Crippen LogP contribution in [0.3, 0.4) is 0 Å². The van der Waals surface area contributed by atoms with Gasteiger partial charge in [0.05, 0.1) is 5.69 Å². The Bertz CT molecular complexity index is 661. The molecule has 96 valence electrons. The van der Waals surface area contributed by atoms with Gasteiger partial charge in [-0.2, -0.15) is 0 Å². The van der Waals surface area contributed by atoms with E-state index >= 15 is 0 Å². The third-order valence-corrected chi connectivity index (χ3v) is 4.15. The van der Waals surface area contributed by atoms with Crippen LogP contribution >= 0.6 is 0 Å². The lowest BCUT2D eigenvalue weighted by Crippen LogP contribution is -2.47. The second kappa shape index (κ2) is 4.07. The predicted octanol–water partition coefficient (Wildman–Crippen LogP) is 2.48. The molecule has 0 bridgehead atoms. The van der Waals surface area contributed by atoms with E-state index in [2.05, 4.69) is 53.2 Å². The first kappa shape index (κ1) is 11.0. The molecule has 3 nitrogen and oxygen atoms in total. The van der Waals surface area contributed by atoms with Crippen molar-refractivity contribution in [2.45, 2.75) is 0 Å². The van der Waals surface area contributed by atoms with Gasteiger partial charge in [-0.25, -0.2) is 4.99 Å². The van der Waals surface area contributed by atoms with E-state index in [0.29, 0.717) is 0 Å². The number of likely N-dealkylation sites (N-methyl/N-ethyl adjacent to an activating group) is 1. The lowest BCUT2D eigenvalue weighted by Gasteiger charge is -2.34. The van der Waals surface area contributed by atoms with E-state index in [-0.39, 0.29) is 0 Å². The van der Waals surface area contributed by atoms with Crippen LogP contribution in [-0.4, -0.2) is 48.9 Å². The second-order valence-electron chi connectivity index (χ2n) is 5.41. The van der Waals surface area contributed by atoms with Gasteiger partial charge in [-0.1, -0.05) is 30.3 Å². The second-order valence-corrected chi connectivity index (χ2v) is 5.41. The number of hydrogen-bond acceptors (Lipinski definition) is 3. The van der Waals surface area contributed by atoms with Crippen LogP contribution in [0.4, 0.5) is 5.69 Å². The molecule has 2 aliphatic rings. The Kier molecular flexibility index (Phi) is 2.35. The molecule has 0 radical (unpaired) electrons. The van der Waals surface area contributed by atoms with Crippen molar-refractivity contribution in [3.63, 3.8) is 0 Å². The van der Waals surface area contributed by atoms with E-state index in [4.69, 9.17) is 4.99 Å². The van der Waals surface area contributed by atoms with Gasteiger partial charge in [0.1, 0.15) is 5.84 Å². The Morgan fingerprint density at radius 1 is 0.947 bits per heavy atom. The van der Waals surface area contributed by atoms with Crippen molar-refractivity contribution in [2.75, 3.05) is 33.2 Å². The monoisotopic (exact) mass is 251 g/mol. The van der Waals surface area contributed by atoms with E-state index < -0.39 is 0 Å². The molecule has 0 amide bonds. The number of rotatable bonds is 0. The van der Waals surface area contributed by atoms with Crippen molar-refractivity contribution >= 4 is 22.3 Å². The van der Waals surface area contributed by atoms with Crippen LogP contribution in [0.25, 0.3) is 10.8 Å². The van der Waals surface area contributed by atoms with Crippen LogP contribution < -0.4 is 0 Å². The average Bonchev–Trinajstić information content (AvgIpc) is 2.82. The van der Waals surface area contributed by atoms with Gasteiger partial charge in [-0.3, -0.25) is 0 Å². The summed E-state index contributed by atoms with van der Waals surface area (Å²) in [5, 5.41) is 2.61. The van der Waals surface area contributed by atoms with Crippen LogP contribution in [0, 0.1) is 0 Å². The summed E-state index contributed by atoms with van der Waals surface area (Å²) in [5.41, 5.74) is 2.43. The summed E-state index contributed by atoms with van der Waals surface area (Å²) >= 11 is 0. The van der Waals surface area contributed by atoms with E-state index in [1.165, 1.54) is 22.2 Å². The molecule has 2 aromatic rings. The van der Waals surface area contributed by atoms with Crippen molar-refractivity contribution in [3.05, 3.63) is 42.0 Å². The lowest BCUT2D eigenvalue weighted by atomic mass is 10.0. The molecule has 0 spiro atoms. The van der Waals surface area contributed by atoms with Crippen molar-refractivity contribution in [3.8, 4) is 0 Å². The molecule has 1 fully saturated rings. The van der Waals surface area contributed by atoms with Crippen LogP contribution in [-0.2, 0) is 0 Å². The third kappa shape index (κ3) is 1.65. The standard InChI is InChI=1S/C16H17N3/c1-18-8-10-19(11-9-18)16-13-6-2-4-12-5-3-7-14(17-16)15(12)13/h2-7H,8-11H2,1H3. The van der Waals surface area contributed by atoms with E-state index in [1.54, 1.807) is 0 Å². The molecule has 2 aliphatic heterocycles. The normalized spacial score (nSPS) is 19.0. The zero-order chi connectivity index (χ0) is 12.8. The maximum atomic E-state index is 4.87. The highest BCUT2D eigenvalue weighted by Crippen LogP contribution is 2.36. The number of piperazine rings is 1. The summed E-state index contributed by atoms with van der Waals surface area (Å²) in [6.07, 6.45) is 0. The third-order valence-electron chi connectivity index (χ3n) is 4.15. The highest BCUT2D eigenvalue weighted by atomic mass is 15.3. The van der Waals surface area contributed by atoms with Gasteiger partial charge in [-0.15, -0.1) is 0 Å². The fourth-order valence-corrected chi connectivity index (χ4v) is 3.03. The minimum absolute atomic E-state index is 1.07. The van der Waals surface area contributed by atoms with Crippen LogP contribution in [0.15, 0.2) is 41.4 Å². The van der Waals surface area contributed by atoms with E-state index in [1.807, 2.05) is 0 Å². The topological polar surface area (TPSA) is 18.8 Å². The number of hydrogen-bond donors (Lipinski definition) is 0. The Balaban J connectivity index is 1.79. The summed E-state index contributed by atoms with van der Waals surface area (Å²) in [4.78, 5) is 9.67. The Labute approximate surface area is 113 Å². The zero-order valence-corrected chi connectivity index (χ0v) is 11.1. The largest absolute Gasteiger partial charge is 0.354 e. The average molecular weight is 251 g/mol. The van der Waals surface area contributed by atoms with Gasteiger partial charge in [0.2, 0.25) is 0 Å². The van der Waals surface area contributed by atoms with Crippen molar-refractivity contribution in [2.24, 2.45) is 4.99 Å². The van der Waals surface area contributed by atoms with Gasteiger partial charge in [-0.05, 0) is 18.5 Å². The first-order valence-corrected chi connectivity index (χ1v) is 6.87. The molecule has 0 saturated carbocycles. The first-order valence-electron chi connectivity index (χ1n) is 6.87. The number of amidine groups is 1. The molecule has 0 aliphatic carbocycles. The predicted molar refractivity (Wildman–Crippen MR) is 79.2 cm³/mol. The highest BCUT2D eigenvalue weighted by molar-refractivity contribution is 6.18. The fraction of sp³-hybridized carbons (Fsp3) is 0.312. The fourth-order valence-electron chi connectivity index (χ4n) is 3.03. The van der Waals surface area contributed by atoms with Crippen molar-refractivity contribution in [1.29, 1.82) is 0 Å². The Morgan fingerprint density at radius 3 is 2.47 bits per heavy atom. The number of nitrogens with zero attached hydrogens (tertiary/aromatic N) is 3. The molecule has 0 unspecified atom stereocenters. The minimum atomic E-state index is 1.07. The smallest absolute Gasteiger partial charge is 0.137 e. The first-order chi connectivity index (χ1) is 9.33. The van der Waals surface area contributed by atoms with Crippen molar-refractivity contribution < 1.29 is 0 Å². The van der Waals surface area contributed by atoms with Crippen LogP contribution in [0.5, 0.6) is 0 Å². The summed E-state index contributed by atoms with van der Waals surface area (Å²) in [6, 6.07) is 12.9. The van der Waals surface area contributed by atoms with Crippen molar-refractivity contribution in [1.82, 2.24) is 9.80 Å². The number of aliphatic imine (C=N–C) groups is 1. The number of benzene rings is 2. The SMILES string of the molecule is CN1CCN(C2=Nc3cccc4cccc2c34)CC1. The van der Waals surface area contributed by atoms with Gasteiger partial charge in [0, 0.05) is 37.1 Å². The van der Waals surface area contributed by atoms with Gasteiger partial charge in [0.25, 0.3) is 0 Å². The molecule has 0 atom stereocenters. The van der Waals surface area contributed by atoms with Gasteiger partial charge >= 0.3 is 0 Å². The molecule has 2 heterocycles. The van der Waals surface area contributed by atoms with E-state index in [9.17, 15) is 0 Å². The lowest BCUT2D eigenvalue weighted by molar-refractivity contribution is 0.216.